The Morgan fingerprint density at radius 1 is 1.00 bits per heavy atom. The average Bonchev–Trinajstić information content (AvgIpc) is 2.70. The van der Waals surface area contributed by atoms with Gasteiger partial charge in [-0.05, 0) is 41.7 Å². The Morgan fingerprint density at radius 3 is 2.47 bits per heavy atom. The minimum atomic E-state index is -0.954. The molecule has 0 bridgehead atoms. The van der Waals surface area contributed by atoms with E-state index in [0.717, 1.165) is 17.5 Å². The van der Waals surface area contributed by atoms with Crippen molar-refractivity contribution in [3.05, 3.63) is 71.0 Å². The molecule has 2 heteroatoms. The molecule has 1 aliphatic carbocycles. The van der Waals surface area contributed by atoms with Crippen molar-refractivity contribution in [2.24, 2.45) is 0 Å². The topological polar surface area (TPSA) is 20.2 Å². The summed E-state index contributed by atoms with van der Waals surface area (Å²) in [6.07, 6.45) is 1.53. The smallest absolute Gasteiger partial charge is 0.123 e. The zero-order chi connectivity index (χ0) is 11.9. The van der Waals surface area contributed by atoms with Crippen LogP contribution in [0.3, 0.4) is 0 Å². The van der Waals surface area contributed by atoms with Gasteiger partial charge >= 0.3 is 0 Å². The molecule has 2 aromatic rings. The van der Waals surface area contributed by atoms with Crippen LogP contribution in [-0.4, -0.2) is 5.11 Å². The van der Waals surface area contributed by atoms with E-state index in [1.807, 2.05) is 24.3 Å². The number of fused-ring (bicyclic) bond motifs is 1. The van der Waals surface area contributed by atoms with Gasteiger partial charge in [0, 0.05) is 0 Å². The molecule has 1 unspecified atom stereocenters. The van der Waals surface area contributed by atoms with Gasteiger partial charge in [-0.2, -0.15) is 0 Å². The predicted molar refractivity (Wildman–Crippen MR) is 64.2 cm³/mol. The maximum atomic E-state index is 12.9. The van der Waals surface area contributed by atoms with Crippen LogP contribution in [-0.2, 0) is 12.0 Å². The van der Waals surface area contributed by atoms with Crippen LogP contribution in [0.2, 0.25) is 0 Å². The van der Waals surface area contributed by atoms with E-state index < -0.39 is 5.60 Å². The van der Waals surface area contributed by atoms with Crippen LogP contribution < -0.4 is 0 Å². The lowest BCUT2D eigenvalue weighted by molar-refractivity contribution is 0.0829. The summed E-state index contributed by atoms with van der Waals surface area (Å²) >= 11 is 0. The number of hydrogen-bond donors (Lipinski definition) is 1. The van der Waals surface area contributed by atoms with Gasteiger partial charge in [0.2, 0.25) is 0 Å². The van der Waals surface area contributed by atoms with E-state index in [2.05, 4.69) is 0 Å². The fourth-order valence-corrected chi connectivity index (χ4v) is 2.62. The first-order valence-corrected chi connectivity index (χ1v) is 5.77. The third-order valence-corrected chi connectivity index (χ3v) is 3.54. The number of benzene rings is 2. The number of hydrogen-bond acceptors (Lipinski definition) is 1. The van der Waals surface area contributed by atoms with Crippen LogP contribution in [0.1, 0.15) is 23.1 Å². The Hall–Kier alpha value is -1.67. The lowest BCUT2D eigenvalue weighted by atomic mass is 9.88. The van der Waals surface area contributed by atoms with Gasteiger partial charge in [-0.15, -0.1) is 0 Å². The Balaban J connectivity index is 2.12. The summed E-state index contributed by atoms with van der Waals surface area (Å²) in [4.78, 5) is 0. The molecular formula is C15H13FO. The van der Waals surface area contributed by atoms with Crippen LogP contribution in [0.25, 0.3) is 0 Å². The fraction of sp³-hybridized carbons (Fsp3) is 0.200. The highest BCUT2D eigenvalue weighted by atomic mass is 19.1. The lowest BCUT2D eigenvalue weighted by Crippen LogP contribution is -2.23. The summed E-state index contributed by atoms with van der Waals surface area (Å²) in [5, 5.41) is 10.8. The predicted octanol–water partition coefficient (Wildman–Crippen LogP) is 3.01. The highest BCUT2D eigenvalue weighted by molar-refractivity contribution is 5.44. The van der Waals surface area contributed by atoms with Crippen molar-refractivity contribution in [1.29, 1.82) is 0 Å². The largest absolute Gasteiger partial charge is 0.380 e. The summed E-state index contributed by atoms with van der Waals surface area (Å²) in [6.45, 7) is 0. The van der Waals surface area contributed by atoms with Gasteiger partial charge in [0.1, 0.15) is 11.4 Å². The molecule has 0 radical (unpaired) electrons. The monoisotopic (exact) mass is 228 g/mol. The van der Waals surface area contributed by atoms with Crippen molar-refractivity contribution < 1.29 is 9.50 Å². The summed E-state index contributed by atoms with van der Waals surface area (Å²) in [7, 11) is 0. The molecule has 3 rings (SSSR count). The molecule has 1 N–H and O–H groups in total. The molecule has 0 heterocycles. The van der Waals surface area contributed by atoms with E-state index in [1.54, 1.807) is 12.1 Å². The minimum absolute atomic E-state index is 0.274. The first kappa shape index (κ1) is 10.5. The van der Waals surface area contributed by atoms with Gasteiger partial charge in [-0.25, -0.2) is 4.39 Å². The normalized spacial score (nSPS) is 22.5. The van der Waals surface area contributed by atoms with E-state index in [4.69, 9.17) is 0 Å². The second kappa shape index (κ2) is 3.67. The van der Waals surface area contributed by atoms with E-state index in [9.17, 15) is 9.50 Å². The summed E-state index contributed by atoms with van der Waals surface area (Å²) in [5.41, 5.74) is 1.94. The maximum Gasteiger partial charge on any atom is 0.123 e. The Bertz CT molecular complexity index is 547. The van der Waals surface area contributed by atoms with Crippen molar-refractivity contribution >= 4 is 0 Å². The molecule has 0 aliphatic heterocycles. The van der Waals surface area contributed by atoms with E-state index in [-0.39, 0.29) is 5.82 Å². The first-order valence-electron chi connectivity index (χ1n) is 5.77. The molecule has 1 atom stereocenters. The molecular weight excluding hydrogens is 215 g/mol. The van der Waals surface area contributed by atoms with Gasteiger partial charge in [0.15, 0.2) is 0 Å². The summed E-state index contributed by atoms with van der Waals surface area (Å²) in [5.74, 6) is -0.274. The molecule has 1 nitrogen and oxygen atoms in total. The highest BCUT2D eigenvalue weighted by Gasteiger charge is 2.37. The quantitative estimate of drug-likeness (QED) is 0.795. The van der Waals surface area contributed by atoms with Crippen molar-refractivity contribution in [1.82, 2.24) is 0 Å². The van der Waals surface area contributed by atoms with Gasteiger partial charge in [0.05, 0.1) is 0 Å². The molecule has 0 saturated carbocycles. The Morgan fingerprint density at radius 2 is 1.71 bits per heavy atom. The fourth-order valence-electron chi connectivity index (χ4n) is 2.62. The van der Waals surface area contributed by atoms with E-state index in [0.29, 0.717) is 6.42 Å². The minimum Gasteiger partial charge on any atom is -0.380 e. The molecule has 0 amide bonds. The average molecular weight is 228 g/mol. The van der Waals surface area contributed by atoms with Crippen molar-refractivity contribution in [3.8, 4) is 0 Å². The van der Waals surface area contributed by atoms with Crippen LogP contribution in [0.4, 0.5) is 4.39 Å². The molecule has 2 aromatic carbocycles. The summed E-state index contributed by atoms with van der Waals surface area (Å²) < 4.78 is 12.9. The second-order valence-corrected chi connectivity index (χ2v) is 4.52. The molecule has 17 heavy (non-hydrogen) atoms. The molecule has 0 fully saturated rings. The molecule has 0 saturated heterocycles. The zero-order valence-electron chi connectivity index (χ0n) is 9.36. The van der Waals surface area contributed by atoms with Crippen LogP contribution >= 0.6 is 0 Å². The van der Waals surface area contributed by atoms with Crippen molar-refractivity contribution in [2.75, 3.05) is 0 Å². The molecule has 0 spiro atoms. The van der Waals surface area contributed by atoms with E-state index >= 15 is 0 Å². The van der Waals surface area contributed by atoms with E-state index in [1.165, 1.54) is 17.7 Å². The van der Waals surface area contributed by atoms with Crippen LogP contribution in [0.5, 0.6) is 0 Å². The van der Waals surface area contributed by atoms with Gasteiger partial charge in [0.25, 0.3) is 0 Å². The van der Waals surface area contributed by atoms with Crippen molar-refractivity contribution in [2.45, 2.75) is 18.4 Å². The number of aryl methyl sites for hydroxylation is 1. The standard InChI is InChI=1S/C15H13FO/c16-13-7-5-12(6-8-13)15(17)10-9-11-3-1-2-4-14(11)15/h1-8,17H,9-10H2. The van der Waals surface area contributed by atoms with Crippen molar-refractivity contribution in [3.63, 3.8) is 0 Å². The van der Waals surface area contributed by atoms with Gasteiger partial charge in [-0.3, -0.25) is 0 Å². The number of halogens is 1. The number of aliphatic hydroxyl groups is 1. The lowest BCUT2D eigenvalue weighted by Gasteiger charge is -2.24. The third-order valence-electron chi connectivity index (χ3n) is 3.54. The second-order valence-electron chi connectivity index (χ2n) is 4.52. The van der Waals surface area contributed by atoms with Gasteiger partial charge < -0.3 is 5.11 Å². The summed E-state index contributed by atoms with van der Waals surface area (Å²) in [6, 6.07) is 14.0. The van der Waals surface area contributed by atoms with Crippen LogP contribution in [0, 0.1) is 5.82 Å². The Labute approximate surface area is 99.5 Å². The molecule has 1 aliphatic rings. The first-order chi connectivity index (χ1) is 8.20. The SMILES string of the molecule is OC1(c2ccc(F)cc2)CCc2ccccc21. The zero-order valence-corrected chi connectivity index (χ0v) is 9.36. The molecule has 0 aromatic heterocycles. The Kier molecular flexibility index (Phi) is 2.26. The van der Waals surface area contributed by atoms with Crippen LogP contribution in [0.15, 0.2) is 48.5 Å². The number of rotatable bonds is 1. The molecule has 86 valence electrons. The highest BCUT2D eigenvalue weighted by Crippen LogP contribution is 2.41. The maximum absolute atomic E-state index is 12.9. The van der Waals surface area contributed by atoms with Gasteiger partial charge in [-0.1, -0.05) is 36.4 Å². The third kappa shape index (κ3) is 1.56.